The fourth-order valence-electron chi connectivity index (χ4n) is 1.81. The lowest BCUT2D eigenvalue weighted by molar-refractivity contribution is 0.588. The summed E-state index contributed by atoms with van der Waals surface area (Å²) >= 11 is 1.59. The van der Waals surface area contributed by atoms with Crippen LogP contribution in [0.4, 0.5) is 11.4 Å². The van der Waals surface area contributed by atoms with Gasteiger partial charge < -0.3 is 11.1 Å². The second-order valence-corrected chi connectivity index (χ2v) is 7.78. The van der Waals surface area contributed by atoms with Crippen LogP contribution in [-0.2, 0) is 10.0 Å². The zero-order chi connectivity index (χ0) is 15.6. The Hall–Kier alpha value is -1.64. The van der Waals surface area contributed by atoms with E-state index in [9.17, 15) is 8.42 Å². The lowest BCUT2D eigenvalue weighted by Crippen LogP contribution is -2.19. The zero-order valence-corrected chi connectivity index (χ0v) is 13.7. The molecular weight excluding hydrogens is 308 g/mol. The van der Waals surface area contributed by atoms with Gasteiger partial charge in [-0.15, -0.1) is 11.3 Å². The van der Waals surface area contributed by atoms with E-state index in [0.29, 0.717) is 11.4 Å². The predicted octanol–water partition coefficient (Wildman–Crippen LogP) is 2.11. The van der Waals surface area contributed by atoms with Crippen molar-refractivity contribution in [3.05, 3.63) is 34.3 Å². The van der Waals surface area contributed by atoms with Crippen molar-refractivity contribution < 1.29 is 8.42 Å². The van der Waals surface area contributed by atoms with Crippen LogP contribution in [0.15, 0.2) is 29.3 Å². The molecule has 0 amide bonds. The van der Waals surface area contributed by atoms with Crippen LogP contribution >= 0.6 is 11.3 Å². The van der Waals surface area contributed by atoms with Gasteiger partial charge in [0.2, 0.25) is 10.0 Å². The minimum absolute atomic E-state index is 0.0569. The summed E-state index contributed by atoms with van der Waals surface area (Å²) in [6.07, 6.45) is 1.81. The molecule has 1 unspecified atom stereocenters. The maximum Gasteiger partial charge on any atom is 0.240 e. The molecule has 1 atom stereocenters. The first kappa shape index (κ1) is 15.7. The van der Waals surface area contributed by atoms with Crippen molar-refractivity contribution in [3.8, 4) is 0 Å². The summed E-state index contributed by atoms with van der Waals surface area (Å²) in [5.41, 5.74) is 6.98. The van der Waals surface area contributed by atoms with Crippen LogP contribution in [0.1, 0.15) is 22.9 Å². The van der Waals surface area contributed by atoms with Crippen LogP contribution in [-0.4, -0.2) is 20.4 Å². The fraction of sp³-hybridized carbons (Fsp3) is 0.308. The quantitative estimate of drug-likeness (QED) is 0.731. The molecule has 2 rings (SSSR count). The summed E-state index contributed by atoms with van der Waals surface area (Å²) in [4.78, 5) is 5.61. The van der Waals surface area contributed by atoms with Gasteiger partial charge in [0.15, 0.2) is 0 Å². The number of anilines is 2. The van der Waals surface area contributed by atoms with Gasteiger partial charge in [0, 0.05) is 11.1 Å². The Morgan fingerprint density at radius 3 is 2.67 bits per heavy atom. The molecule has 1 heterocycles. The number of hydrogen-bond acceptors (Lipinski definition) is 6. The lowest BCUT2D eigenvalue weighted by atomic mass is 10.2. The van der Waals surface area contributed by atoms with E-state index in [1.54, 1.807) is 17.4 Å². The van der Waals surface area contributed by atoms with E-state index in [-0.39, 0.29) is 10.9 Å². The van der Waals surface area contributed by atoms with Crippen molar-refractivity contribution in [2.45, 2.75) is 24.8 Å². The predicted molar refractivity (Wildman–Crippen MR) is 86.0 cm³/mol. The number of nitrogens with one attached hydrogen (secondary N) is 2. The number of sulfonamides is 1. The number of aromatic nitrogens is 1. The molecule has 0 spiro atoms. The Kier molecular flexibility index (Phi) is 4.50. The van der Waals surface area contributed by atoms with E-state index >= 15 is 0 Å². The maximum absolute atomic E-state index is 11.8. The summed E-state index contributed by atoms with van der Waals surface area (Å²) in [5.74, 6) is 0. The highest BCUT2D eigenvalue weighted by Crippen LogP contribution is 2.28. The van der Waals surface area contributed by atoms with Gasteiger partial charge >= 0.3 is 0 Å². The summed E-state index contributed by atoms with van der Waals surface area (Å²) in [6.45, 7) is 3.94. The van der Waals surface area contributed by atoms with Crippen molar-refractivity contribution in [1.82, 2.24) is 9.71 Å². The number of rotatable bonds is 5. The van der Waals surface area contributed by atoms with E-state index in [2.05, 4.69) is 15.0 Å². The van der Waals surface area contributed by atoms with Crippen molar-refractivity contribution >= 4 is 32.7 Å². The molecule has 0 aliphatic carbocycles. The van der Waals surface area contributed by atoms with Crippen molar-refractivity contribution in [3.63, 3.8) is 0 Å². The highest BCUT2D eigenvalue weighted by atomic mass is 32.2. The Morgan fingerprint density at radius 2 is 2.10 bits per heavy atom. The van der Waals surface area contributed by atoms with E-state index in [0.717, 1.165) is 9.88 Å². The Labute approximate surface area is 128 Å². The highest BCUT2D eigenvalue weighted by molar-refractivity contribution is 7.89. The average Bonchev–Trinajstić information content (AvgIpc) is 2.87. The first-order valence-corrected chi connectivity index (χ1v) is 8.65. The van der Waals surface area contributed by atoms with Crippen molar-refractivity contribution in [1.29, 1.82) is 0 Å². The van der Waals surface area contributed by atoms with Crippen LogP contribution in [0, 0.1) is 6.92 Å². The third kappa shape index (κ3) is 3.52. The van der Waals surface area contributed by atoms with Crippen LogP contribution in [0.2, 0.25) is 0 Å². The standard InChI is InChI=1S/C13H18N4O2S2/c1-8-7-16-13(20-8)9(2)17-12-6-10(4-5-11(12)14)21(18,19)15-3/h4-7,9,15,17H,14H2,1-3H3. The first-order chi connectivity index (χ1) is 9.83. The SMILES string of the molecule is CNS(=O)(=O)c1ccc(N)c(NC(C)c2ncc(C)s2)c1. The minimum atomic E-state index is -3.49. The third-order valence-electron chi connectivity index (χ3n) is 2.99. The Morgan fingerprint density at radius 1 is 1.38 bits per heavy atom. The number of thiazole rings is 1. The minimum Gasteiger partial charge on any atom is -0.397 e. The molecule has 114 valence electrons. The average molecular weight is 326 g/mol. The molecule has 0 saturated heterocycles. The third-order valence-corrected chi connectivity index (χ3v) is 5.49. The monoisotopic (exact) mass is 326 g/mol. The van der Waals surface area contributed by atoms with Gasteiger partial charge in [-0.2, -0.15) is 0 Å². The molecule has 0 aliphatic heterocycles. The van der Waals surface area contributed by atoms with Gasteiger partial charge in [0.25, 0.3) is 0 Å². The lowest BCUT2D eigenvalue weighted by Gasteiger charge is -2.16. The maximum atomic E-state index is 11.8. The molecule has 1 aromatic carbocycles. The summed E-state index contributed by atoms with van der Waals surface area (Å²) < 4.78 is 26.0. The zero-order valence-electron chi connectivity index (χ0n) is 12.0. The summed E-state index contributed by atoms with van der Waals surface area (Å²) in [7, 11) is -2.12. The number of hydrogen-bond donors (Lipinski definition) is 3. The van der Waals surface area contributed by atoms with E-state index in [4.69, 9.17) is 5.73 Å². The van der Waals surface area contributed by atoms with Gasteiger partial charge in [0.1, 0.15) is 5.01 Å². The Bertz CT molecular complexity index is 740. The molecule has 4 N–H and O–H groups in total. The summed E-state index contributed by atoms with van der Waals surface area (Å²) in [6, 6.07) is 4.52. The van der Waals surface area contributed by atoms with Crippen LogP contribution in [0.5, 0.6) is 0 Å². The molecule has 0 bridgehead atoms. The molecule has 0 fully saturated rings. The molecule has 0 saturated carbocycles. The Balaban J connectivity index is 2.29. The number of nitrogens with zero attached hydrogens (tertiary/aromatic N) is 1. The van der Waals surface area contributed by atoms with E-state index in [1.807, 2.05) is 20.0 Å². The van der Waals surface area contributed by atoms with Gasteiger partial charge in [0.05, 0.1) is 22.3 Å². The molecule has 21 heavy (non-hydrogen) atoms. The van der Waals surface area contributed by atoms with Crippen molar-refractivity contribution in [2.24, 2.45) is 0 Å². The summed E-state index contributed by atoms with van der Waals surface area (Å²) in [5, 5.41) is 4.13. The van der Waals surface area contributed by atoms with Gasteiger partial charge in [-0.1, -0.05) is 0 Å². The van der Waals surface area contributed by atoms with E-state index in [1.165, 1.54) is 19.2 Å². The van der Waals surface area contributed by atoms with Gasteiger partial charge in [-0.05, 0) is 39.1 Å². The molecular formula is C13H18N4O2S2. The van der Waals surface area contributed by atoms with Crippen LogP contribution in [0.3, 0.4) is 0 Å². The first-order valence-electron chi connectivity index (χ1n) is 6.35. The topological polar surface area (TPSA) is 97.1 Å². The van der Waals surface area contributed by atoms with Gasteiger partial charge in [-0.3, -0.25) is 0 Å². The smallest absolute Gasteiger partial charge is 0.240 e. The molecule has 2 aromatic rings. The molecule has 6 nitrogen and oxygen atoms in total. The molecule has 1 aromatic heterocycles. The number of benzene rings is 1. The molecule has 8 heteroatoms. The number of nitrogens with two attached hydrogens (primary N) is 1. The largest absolute Gasteiger partial charge is 0.397 e. The second kappa shape index (κ2) is 6.00. The van der Waals surface area contributed by atoms with Crippen LogP contribution in [0.25, 0.3) is 0 Å². The second-order valence-electron chi connectivity index (χ2n) is 4.63. The van der Waals surface area contributed by atoms with Crippen molar-refractivity contribution in [2.75, 3.05) is 18.1 Å². The van der Waals surface area contributed by atoms with Crippen LogP contribution < -0.4 is 15.8 Å². The normalized spacial score (nSPS) is 13.1. The van der Waals surface area contributed by atoms with E-state index < -0.39 is 10.0 Å². The van der Waals surface area contributed by atoms with Gasteiger partial charge in [-0.25, -0.2) is 18.1 Å². The molecule has 0 radical (unpaired) electrons. The molecule has 0 aliphatic rings. The number of nitrogen functional groups attached to an aromatic ring is 1. The number of aryl methyl sites for hydroxylation is 1. The fourth-order valence-corrected chi connectivity index (χ4v) is 3.35. The highest BCUT2D eigenvalue weighted by Gasteiger charge is 2.15.